The molecule has 2 atom stereocenters. The van der Waals surface area contributed by atoms with E-state index in [2.05, 4.69) is 33.7 Å². The number of ether oxygens (including phenoxy) is 1. The highest BCUT2D eigenvalue weighted by atomic mass is 16.6. The summed E-state index contributed by atoms with van der Waals surface area (Å²) in [4.78, 5) is 20.0. The molecule has 0 spiro atoms. The number of allylic oxidation sites excluding steroid dienone is 5. The van der Waals surface area contributed by atoms with Crippen LogP contribution in [0.5, 0.6) is 0 Å². The van der Waals surface area contributed by atoms with Crippen molar-refractivity contribution in [2.24, 2.45) is 0 Å². The molecule has 130 valence electrons. The standard InChI is InChI=1S/C20H17N3O3/c1-3-5-14(6-4-2)7-8-15-11-16(13-21-12-15)17-18(26-20(24)23-17)19-22-9-10-25-19/h3-6,9-13,17-18H,1H2,2H3,(H,23,24). The average Bonchev–Trinajstić information content (AvgIpc) is 3.29. The molecule has 2 unspecified atom stereocenters. The van der Waals surface area contributed by atoms with Crippen molar-refractivity contribution in [3.8, 4) is 11.8 Å². The van der Waals surface area contributed by atoms with Gasteiger partial charge in [-0.25, -0.2) is 9.78 Å². The fraction of sp³-hybridized carbons (Fsp3) is 0.150. The van der Waals surface area contributed by atoms with Crippen molar-refractivity contribution in [3.63, 3.8) is 0 Å². The van der Waals surface area contributed by atoms with Crippen molar-refractivity contribution in [3.05, 3.63) is 84.4 Å². The second-order valence-electron chi connectivity index (χ2n) is 5.43. The molecule has 1 aliphatic rings. The first-order chi connectivity index (χ1) is 12.7. The van der Waals surface area contributed by atoms with E-state index >= 15 is 0 Å². The predicted octanol–water partition coefficient (Wildman–Crippen LogP) is 3.63. The molecule has 0 bridgehead atoms. The number of hydrogen-bond acceptors (Lipinski definition) is 5. The van der Waals surface area contributed by atoms with Gasteiger partial charge in [-0.1, -0.05) is 36.6 Å². The fourth-order valence-electron chi connectivity index (χ4n) is 2.53. The van der Waals surface area contributed by atoms with Gasteiger partial charge in [0, 0.05) is 23.5 Å². The summed E-state index contributed by atoms with van der Waals surface area (Å²) < 4.78 is 10.6. The first kappa shape index (κ1) is 17.2. The molecule has 1 amide bonds. The van der Waals surface area contributed by atoms with Crippen molar-refractivity contribution >= 4 is 6.09 Å². The smallest absolute Gasteiger partial charge is 0.408 e. The quantitative estimate of drug-likeness (QED) is 0.675. The largest absolute Gasteiger partial charge is 0.445 e. The van der Waals surface area contributed by atoms with Gasteiger partial charge in [0.2, 0.25) is 12.0 Å². The van der Waals surface area contributed by atoms with Crippen LogP contribution in [0.25, 0.3) is 0 Å². The van der Waals surface area contributed by atoms with Crippen LogP contribution in [0.3, 0.4) is 0 Å². The van der Waals surface area contributed by atoms with Gasteiger partial charge in [-0.2, -0.15) is 0 Å². The molecule has 0 saturated carbocycles. The summed E-state index contributed by atoms with van der Waals surface area (Å²) in [5.74, 6) is 6.46. The van der Waals surface area contributed by atoms with E-state index in [-0.39, 0.29) is 0 Å². The van der Waals surface area contributed by atoms with E-state index in [4.69, 9.17) is 9.15 Å². The third-order valence-corrected chi connectivity index (χ3v) is 3.62. The number of aromatic nitrogens is 2. The van der Waals surface area contributed by atoms with Gasteiger partial charge in [-0.05, 0) is 24.6 Å². The van der Waals surface area contributed by atoms with Gasteiger partial charge >= 0.3 is 6.09 Å². The Morgan fingerprint density at radius 2 is 2.31 bits per heavy atom. The summed E-state index contributed by atoms with van der Waals surface area (Å²) >= 11 is 0. The van der Waals surface area contributed by atoms with Crippen LogP contribution in [0.1, 0.15) is 36.1 Å². The van der Waals surface area contributed by atoms with Crippen molar-refractivity contribution < 1.29 is 13.9 Å². The molecule has 2 aromatic heterocycles. The van der Waals surface area contributed by atoms with Gasteiger partial charge < -0.3 is 14.5 Å². The molecule has 6 heteroatoms. The zero-order valence-corrected chi connectivity index (χ0v) is 14.2. The van der Waals surface area contributed by atoms with Crippen molar-refractivity contribution in [1.82, 2.24) is 15.3 Å². The lowest BCUT2D eigenvalue weighted by molar-refractivity contribution is 0.114. The first-order valence-corrected chi connectivity index (χ1v) is 8.00. The predicted molar refractivity (Wildman–Crippen MR) is 95.8 cm³/mol. The molecule has 3 heterocycles. The molecular formula is C20H17N3O3. The summed E-state index contributed by atoms with van der Waals surface area (Å²) in [6.45, 7) is 5.61. The normalized spacial score (nSPS) is 19.6. The minimum Gasteiger partial charge on any atom is -0.445 e. The first-order valence-electron chi connectivity index (χ1n) is 8.00. The summed E-state index contributed by atoms with van der Waals surface area (Å²) in [5, 5.41) is 2.76. The Morgan fingerprint density at radius 1 is 1.42 bits per heavy atom. The summed E-state index contributed by atoms with van der Waals surface area (Å²) in [6.07, 6.45) is 12.4. The Morgan fingerprint density at radius 3 is 3.04 bits per heavy atom. The van der Waals surface area contributed by atoms with Gasteiger partial charge in [-0.15, -0.1) is 0 Å². The molecular weight excluding hydrogens is 330 g/mol. The van der Waals surface area contributed by atoms with Crippen LogP contribution < -0.4 is 5.32 Å². The number of amides is 1. The van der Waals surface area contributed by atoms with Crippen LogP contribution in [-0.4, -0.2) is 16.1 Å². The molecule has 26 heavy (non-hydrogen) atoms. The molecule has 1 fully saturated rings. The third kappa shape index (κ3) is 3.90. The number of pyridine rings is 1. The number of alkyl carbamates (subject to hydrolysis) is 1. The van der Waals surface area contributed by atoms with Crippen LogP contribution in [0.15, 0.2) is 71.8 Å². The van der Waals surface area contributed by atoms with E-state index in [1.165, 1.54) is 12.5 Å². The Labute approximate surface area is 151 Å². The Bertz CT molecular complexity index is 917. The third-order valence-electron chi connectivity index (χ3n) is 3.62. The number of nitrogens with zero attached hydrogens (tertiary/aromatic N) is 2. The van der Waals surface area contributed by atoms with Crippen molar-refractivity contribution in [2.45, 2.75) is 19.1 Å². The molecule has 0 aliphatic carbocycles. The zero-order chi connectivity index (χ0) is 18.4. The summed E-state index contributed by atoms with van der Waals surface area (Å²) in [7, 11) is 0. The highest BCUT2D eigenvalue weighted by Crippen LogP contribution is 2.35. The lowest BCUT2D eigenvalue weighted by atomic mass is 10.0. The summed E-state index contributed by atoms with van der Waals surface area (Å²) in [6, 6.07) is 1.41. The number of oxazole rings is 1. The van der Waals surface area contributed by atoms with Crippen molar-refractivity contribution in [2.75, 3.05) is 0 Å². The van der Waals surface area contributed by atoms with E-state index in [0.29, 0.717) is 11.5 Å². The van der Waals surface area contributed by atoms with E-state index in [1.54, 1.807) is 18.5 Å². The molecule has 6 nitrogen and oxygen atoms in total. The number of rotatable bonds is 4. The highest BCUT2D eigenvalue weighted by molar-refractivity contribution is 5.71. The van der Waals surface area contributed by atoms with Crippen molar-refractivity contribution in [1.29, 1.82) is 0 Å². The molecule has 0 aromatic carbocycles. The SMILES string of the molecule is C=CC=C(C#Cc1cncc(C2NC(=O)OC2c2ncco2)c1)C=CC. The summed E-state index contributed by atoms with van der Waals surface area (Å²) in [5.41, 5.74) is 2.31. The van der Waals surface area contributed by atoms with Crippen LogP contribution in [0.4, 0.5) is 4.79 Å². The van der Waals surface area contributed by atoms with Crippen LogP contribution in [0, 0.1) is 11.8 Å². The molecule has 1 aliphatic heterocycles. The van der Waals surface area contributed by atoms with Gasteiger partial charge in [0.1, 0.15) is 12.3 Å². The Balaban J connectivity index is 1.89. The molecule has 1 saturated heterocycles. The maximum atomic E-state index is 11.7. The van der Waals surface area contributed by atoms with Gasteiger partial charge in [0.15, 0.2) is 0 Å². The van der Waals surface area contributed by atoms with Crippen LogP contribution >= 0.6 is 0 Å². The molecule has 0 radical (unpaired) electrons. The zero-order valence-electron chi connectivity index (χ0n) is 14.2. The maximum Gasteiger partial charge on any atom is 0.408 e. The Hall–Kier alpha value is -3.59. The maximum absolute atomic E-state index is 11.7. The number of cyclic esters (lactones) is 1. The van der Waals surface area contributed by atoms with E-state index in [0.717, 1.165) is 11.1 Å². The van der Waals surface area contributed by atoms with Gasteiger partial charge in [-0.3, -0.25) is 4.98 Å². The average molecular weight is 347 g/mol. The molecule has 1 N–H and O–H groups in total. The minimum absolute atomic E-state index is 0.328. The topological polar surface area (TPSA) is 77.2 Å². The van der Waals surface area contributed by atoms with E-state index in [9.17, 15) is 4.79 Å². The Kier molecular flexibility index (Phi) is 5.30. The highest BCUT2D eigenvalue weighted by Gasteiger charge is 2.39. The molecule has 3 rings (SSSR count). The lowest BCUT2D eigenvalue weighted by Gasteiger charge is -2.14. The van der Waals surface area contributed by atoms with Crippen LogP contribution in [0.2, 0.25) is 0 Å². The van der Waals surface area contributed by atoms with E-state index in [1.807, 2.05) is 31.2 Å². The monoisotopic (exact) mass is 347 g/mol. The molecule has 2 aromatic rings. The second kappa shape index (κ2) is 7.99. The fourth-order valence-corrected chi connectivity index (χ4v) is 2.53. The number of carbonyl (C=O) groups is 1. The lowest BCUT2D eigenvalue weighted by Crippen LogP contribution is -2.20. The van der Waals surface area contributed by atoms with Gasteiger partial charge in [0.25, 0.3) is 0 Å². The van der Waals surface area contributed by atoms with Crippen LogP contribution in [-0.2, 0) is 4.74 Å². The number of carbonyl (C=O) groups excluding carboxylic acids is 1. The number of hydrogen-bond donors (Lipinski definition) is 1. The van der Waals surface area contributed by atoms with Gasteiger partial charge in [0.05, 0.1) is 6.20 Å². The van der Waals surface area contributed by atoms with E-state index < -0.39 is 18.2 Å². The second-order valence-corrected chi connectivity index (χ2v) is 5.43. The minimum atomic E-state index is -0.651. The number of nitrogens with one attached hydrogen (secondary N) is 1.